The summed E-state index contributed by atoms with van der Waals surface area (Å²) in [6.45, 7) is 3.98. The average Bonchev–Trinajstić information content (AvgIpc) is 2.28. The first kappa shape index (κ1) is 13.9. The van der Waals surface area contributed by atoms with Crippen LogP contribution in [-0.4, -0.2) is 24.9 Å². The van der Waals surface area contributed by atoms with Crippen molar-refractivity contribution in [3.05, 3.63) is 29.6 Å². The van der Waals surface area contributed by atoms with E-state index in [2.05, 4.69) is 5.32 Å². The van der Waals surface area contributed by atoms with Gasteiger partial charge in [0.1, 0.15) is 11.6 Å². The number of hydrogen-bond acceptors (Lipinski definition) is 3. The number of halogens is 1. The molecule has 17 heavy (non-hydrogen) atoms. The van der Waals surface area contributed by atoms with Gasteiger partial charge >= 0.3 is 0 Å². The normalized spacial score (nSPS) is 14.4. The Morgan fingerprint density at radius 1 is 1.41 bits per heavy atom. The predicted molar refractivity (Wildman–Crippen MR) is 65.7 cm³/mol. The second-order valence-corrected chi connectivity index (χ2v) is 4.18. The summed E-state index contributed by atoms with van der Waals surface area (Å²) in [7, 11) is 1.79. The Balaban J connectivity index is 2.62. The fourth-order valence-corrected chi connectivity index (χ4v) is 1.45. The highest BCUT2D eigenvalue weighted by atomic mass is 19.1. The second kappa shape index (κ2) is 6.57. The fraction of sp³-hybridized carbons (Fsp3) is 0.538. The van der Waals surface area contributed by atoms with Crippen LogP contribution >= 0.6 is 0 Å². The molecule has 0 saturated carbocycles. The van der Waals surface area contributed by atoms with E-state index < -0.39 is 6.10 Å². The van der Waals surface area contributed by atoms with Gasteiger partial charge in [0.05, 0.1) is 12.7 Å². The minimum absolute atomic E-state index is 0.0264. The monoisotopic (exact) mass is 241 g/mol. The summed E-state index contributed by atoms with van der Waals surface area (Å²) in [5.41, 5.74) is 0.621. The largest absolute Gasteiger partial charge is 0.493 e. The average molecular weight is 241 g/mol. The number of nitrogens with one attached hydrogen (secondary N) is 1. The summed E-state index contributed by atoms with van der Waals surface area (Å²) in [4.78, 5) is 0. The van der Waals surface area contributed by atoms with Gasteiger partial charge in [-0.15, -0.1) is 0 Å². The van der Waals surface area contributed by atoms with E-state index in [9.17, 15) is 4.39 Å². The lowest BCUT2D eigenvalue weighted by Crippen LogP contribution is -2.14. The smallest absolute Gasteiger partial charge is 0.131 e. The summed E-state index contributed by atoms with van der Waals surface area (Å²) in [6, 6.07) is 4.81. The van der Waals surface area contributed by atoms with Gasteiger partial charge in [-0.25, -0.2) is 4.39 Å². The lowest BCUT2D eigenvalue weighted by Gasteiger charge is -2.13. The molecule has 2 N–H and O–H groups in total. The number of rotatable bonds is 6. The zero-order chi connectivity index (χ0) is 12.8. The van der Waals surface area contributed by atoms with E-state index in [1.165, 1.54) is 6.07 Å². The Morgan fingerprint density at radius 3 is 2.65 bits per heavy atom. The summed E-state index contributed by atoms with van der Waals surface area (Å²) in [5.74, 6) is 0.219. The summed E-state index contributed by atoms with van der Waals surface area (Å²) in [6.07, 6.45) is 0.138. The van der Waals surface area contributed by atoms with Crippen molar-refractivity contribution in [2.45, 2.75) is 32.4 Å². The van der Waals surface area contributed by atoms with E-state index in [0.29, 0.717) is 24.3 Å². The molecule has 1 aromatic rings. The van der Waals surface area contributed by atoms with Crippen LogP contribution in [0.3, 0.4) is 0 Å². The molecule has 0 aromatic heterocycles. The van der Waals surface area contributed by atoms with Crippen molar-refractivity contribution in [3.8, 4) is 5.75 Å². The molecule has 0 aliphatic rings. The molecule has 96 valence electrons. The van der Waals surface area contributed by atoms with Crippen LogP contribution in [0.4, 0.5) is 4.39 Å². The zero-order valence-corrected chi connectivity index (χ0v) is 10.5. The van der Waals surface area contributed by atoms with Crippen LogP contribution < -0.4 is 10.1 Å². The van der Waals surface area contributed by atoms with E-state index >= 15 is 0 Å². The SMILES string of the molecule is CNC(C)c1ccc(OCCC(C)O)cc1F. The molecule has 3 nitrogen and oxygen atoms in total. The molecule has 0 spiro atoms. The Kier molecular flexibility index (Phi) is 5.38. The van der Waals surface area contributed by atoms with Crippen LogP contribution in [0.2, 0.25) is 0 Å². The Morgan fingerprint density at radius 2 is 2.12 bits per heavy atom. The van der Waals surface area contributed by atoms with Crippen LogP contribution in [0, 0.1) is 5.82 Å². The van der Waals surface area contributed by atoms with Crippen molar-refractivity contribution < 1.29 is 14.2 Å². The maximum Gasteiger partial charge on any atom is 0.131 e. The van der Waals surface area contributed by atoms with Crippen LogP contribution in [-0.2, 0) is 0 Å². The summed E-state index contributed by atoms with van der Waals surface area (Å²) < 4.78 is 19.0. The fourth-order valence-electron chi connectivity index (χ4n) is 1.45. The third-order valence-corrected chi connectivity index (χ3v) is 2.68. The maximum atomic E-state index is 13.7. The topological polar surface area (TPSA) is 41.5 Å². The van der Waals surface area contributed by atoms with Gasteiger partial charge in [0, 0.05) is 24.1 Å². The molecule has 0 fully saturated rings. The van der Waals surface area contributed by atoms with Crippen LogP contribution in [0.5, 0.6) is 5.75 Å². The zero-order valence-electron chi connectivity index (χ0n) is 10.5. The number of aliphatic hydroxyl groups excluding tert-OH is 1. The van der Waals surface area contributed by atoms with Gasteiger partial charge < -0.3 is 15.2 Å². The lowest BCUT2D eigenvalue weighted by molar-refractivity contribution is 0.155. The van der Waals surface area contributed by atoms with E-state index in [1.807, 2.05) is 6.92 Å². The minimum atomic E-state index is -0.400. The number of aliphatic hydroxyl groups is 1. The van der Waals surface area contributed by atoms with Crippen LogP contribution in [0.25, 0.3) is 0 Å². The molecule has 0 bridgehead atoms. The molecule has 2 atom stereocenters. The van der Waals surface area contributed by atoms with Gasteiger partial charge in [-0.3, -0.25) is 0 Å². The van der Waals surface area contributed by atoms with Crippen molar-refractivity contribution in [3.63, 3.8) is 0 Å². The Bertz CT molecular complexity index is 355. The van der Waals surface area contributed by atoms with Crippen LogP contribution in [0.15, 0.2) is 18.2 Å². The lowest BCUT2D eigenvalue weighted by atomic mass is 10.1. The molecule has 4 heteroatoms. The third kappa shape index (κ3) is 4.32. The van der Waals surface area contributed by atoms with E-state index in [0.717, 1.165) is 0 Å². The van der Waals surface area contributed by atoms with Crippen molar-refractivity contribution in [1.29, 1.82) is 0 Å². The van der Waals surface area contributed by atoms with Gasteiger partial charge in [-0.05, 0) is 27.0 Å². The molecule has 0 heterocycles. The number of benzene rings is 1. The second-order valence-electron chi connectivity index (χ2n) is 4.18. The molecular formula is C13H20FNO2. The van der Waals surface area contributed by atoms with E-state index in [4.69, 9.17) is 9.84 Å². The Hall–Kier alpha value is -1.13. The van der Waals surface area contributed by atoms with Crippen molar-refractivity contribution in [2.24, 2.45) is 0 Å². The van der Waals surface area contributed by atoms with E-state index in [-0.39, 0.29) is 11.9 Å². The van der Waals surface area contributed by atoms with Crippen LogP contribution in [0.1, 0.15) is 31.9 Å². The molecule has 0 amide bonds. The minimum Gasteiger partial charge on any atom is -0.493 e. The van der Waals surface area contributed by atoms with Crippen molar-refractivity contribution in [1.82, 2.24) is 5.32 Å². The maximum absolute atomic E-state index is 13.7. The van der Waals surface area contributed by atoms with Gasteiger partial charge in [-0.2, -0.15) is 0 Å². The summed E-state index contributed by atoms with van der Waals surface area (Å²) in [5, 5.41) is 12.1. The van der Waals surface area contributed by atoms with Gasteiger partial charge in [0.25, 0.3) is 0 Å². The molecule has 2 unspecified atom stereocenters. The van der Waals surface area contributed by atoms with Gasteiger partial charge in [0.2, 0.25) is 0 Å². The molecule has 0 saturated heterocycles. The van der Waals surface area contributed by atoms with E-state index in [1.54, 1.807) is 26.1 Å². The molecule has 1 aromatic carbocycles. The number of ether oxygens (including phenoxy) is 1. The standard InChI is InChI=1S/C13H20FNO2/c1-9(16)6-7-17-11-4-5-12(10(2)15-3)13(14)8-11/h4-5,8-10,15-16H,6-7H2,1-3H3. The first-order valence-corrected chi connectivity index (χ1v) is 5.82. The highest BCUT2D eigenvalue weighted by molar-refractivity contribution is 5.30. The van der Waals surface area contributed by atoms with Crippen molar-refractivity contribution in [2.75, 3.05) is 13.7 Å². The number of hydrogen-bond donors (Lipinski definition) is 2. The molecule has 0 aliphatic heterocycles. The highest BCUT2D eigenvalue weighted by Gasteiger charge is 2.10. The first-order valence-electron chi connectivity index (χ1n) is 5.82. The highest BCUT2D eigenvalue weighted by Crippen LogP contribution is 2.21. The van der Waals surface area contributed by atoms with Gasteiger partial charge in [0.15, 0.2) is 0 Å². The molecule has 1 rings (SSSR count). The van der Waals surface area contributed by atoms with Crippen molar-refractivity contribution >= 4 is 0 Å². The molecule has 0 radical (unpaired) electrons. The molecule has 0 aliphatic carbocycles. The third-order valence-electron chi connectivity index (χ3n) is 2.68. The van der Waals surface area contributed by atoms with Gasteiger partial charge in [-0.1, -0.05) is 6.07 Å². The summed E-state index contributed by atoms with van der Waals surface area (Å²) >= 11 is 0. The Labute approximate surface area is 102 Å². The molecular weight excluding hydrogens is 221 g/mol. The quantitative estimate of drug-likeness (QED) is 0.802. The first-order chi connectivity index (χ1) is 8.04. The predicted octanol–water partition coefficient (Wildman–Crippen LogP) is 2.26.